The molecule has 2 aliphatic rings. The van der Waals surface area contributed by atoms with Gasteiger partial charge in [0.15, 0.2) is 0 Å². The molecule has 6 rings (SSSR count). The number of likely N-dealkylation sites (N-methyl/N-ethyl adjacent to an activating group) is 1. The molecule has 8 nitrogen and oxygen atoms in total. The number of nitrogens with zero attached hydrogens (tertiary/aromatic N) is 7. The molecule has 1 N–H and O–H groups in total. The summed E-state index contributed by atoms with van der Waals surface area (Å²) in [6.07, 6.45) is 8.66. The van der Waals surface area contributed by atoms with Crippen LogP contribution in [0.25, 0.3) is 22.0 Å². The normalized spacial score (nSPS) is 17.0. The van der Waals surface area contributed by atoms with Crippen molar-refractivity contribution in [2.24, 2.45) is 5.92 Å². The highest BCUT2D eigenvalue weighted by atomic mass is 15.3. The van der Waals surface area contributed by atoms with Gasteiger partial charge in [0.25, 0.3) is 0 Å². The maximum atomic E-state index is 9.28. The average molecular weight is 493 g/mol. The van der Waals surface area contributed by atoms with Gasteiger partial charge in [-0.3, -0.25) is 4.68 Å². The lowest BCUT2D eigenvalue weighted by molar-refractivity contribution is 0.271. The highest BCUT2D eigenvalue weighted by Gasteiger charge is 2.33. The van der Waals surface area contributed by atoms with Crippen molar-refractivity contribution in [3.63, 3.8) is 0 Å². The van der Waals surface area contributed by atoms with E-state index in [0.717, 1.165) is 60.4 Å². The number of nitriles is 1. The number of fused-ring (bicyclic) bond motifs is 1. The van der Waals surface area contributed by atoms with Gasteiger partial charge < -0.3 is 15.1 Å². The van der Waals surface area contributed by atoms with E-state index in [1.165, 1.54) is 18.5 Å². The molecule has 1 saturated heterocycles. The zero-order valence-electron chi connectivity index (χ0n) is 21.2. The third-order valence-corrected chi connectivity index (χ3v) is 7.62. The monoisotopic (exact) mass is 492 g/mol. The summed E-state index contributed by atoms with van der Waals surface area (Å²) >= 11 is 0. The molecule has 1 atom stereocenters. The molecule has 4 aromatic rings. The number of para-hydroxylation sites is 1. The van der Waals surface area contributed by atoms with E-state index >= 15 is 0 Å². The van der Waals surface area contributed by atoms with Crippen LogP contribution in [0.5, 0.6) is 0 Å². The molecule has 0 amide bonds. The van der Waals surface area contributed by atoms with Crippen molar-refractivity contribution < 1.29 is 0 Å². The van der Waals surface area contributed by atoms with Gasteiger partial charge in [0.05, 0.1) is 30.2 Å². The van der Waals surface area contributed by atoms with E-state index in [0.29, 0.717) is 18.3 Å². The summed E-state index contributed by atoms with van der Waals surface area (Å²) in [5.41, 5.74) is 5.10. The first-order valence-electron chi connectivity index (χ1n) is 13.2. The topological polar surface area (TPSA) is 85.9 Å². The van der Waals surface area contributed by atoms with Gasteiger partial charge in [0.2, 0.25) is 5.95 Å². The van der Waals surface area contributed by atoms with E-state index < -0.39 is 0 Å². The van der Waals surface area contributed by atoms with Gasteiger partial charge in [-0.25, -0.2) is 9.97 Å². The fourth-order valence-corrected chi connectivity index (χ4v) is 5.29. The molecule has 3 heterocycles. The SMILES string of the molecule is CCN1CCN(c2cccc(Nc3ncc4cccc(-c5cnn(C(CC#N)C6CC6)c5)c4n3)c2)CC1. The fraction of sp³-hybridized carbons (Fsp3) is 0.379. The van der Waals surface area contributed by atoms with Crippen LogP contribution in [0, 0.1) is 17.2 Å². The number of rotatable bonds is 8. The predicted octanol–water partition coefficient (Wildman–Crippen LogP) is 5.24. The van der Waals surface area contributed by atoms with Crippen LogP contribution in [0.2, 0.25) is 0 Å². The summed E-state index contributed by atoms with van der Waals surface area (Å²) < 4.78 is 1.97. The van der Waals surface area contributed by atoms with Crippen LogP contribution < -0.4 is 10.2 Å². The lowest BCUT2D eigenvalue weighted by atomic mass is 10.1. The van der Waals surface area contributed by atoms with Gasteiger partial charge >= 0.3 is 0 Å². The maximum absolute atomic E-state index is 9.28. The molecule has 188 valence electrons. The third-order valence-electron chi connectivity index (χ3n) is 7.62. The van der Waals surface area contributed by atoms with Gasteiger partial charge in [-0.2, -0.15) is 10.4 Å². The number of piperazine rings is 1. The Hall–Kier alpha value is -3.96. The molecule has 1 aliphatic heterocycles. The first-order valence-corrected chi connectivity index (χ1v) is 13.2. The van der Waals surface area contributed by atoms with Crippen molar-refractivity contribution in [2.45, 2.75) is 32.2 Å². The summed E-state index contributed by atoms with van der Waals surface area (Å²) in [5.74, 6) is 1.13. The molecule has 8 heteroatoms. The Morgan fingerprint density at radius 1 is 1.08 bits per heavy atom. The molecule has 0 spiro atoms. The zero-order valence-corrected chi connectivity index (χ0v) is 21.2. The minimum atomic E-state index is 0.151. The third kappa shape index (κ3) is 5.00. The first kappa shape index (κ1) is 23.4. The van der Waals surface area contributed by atoms with E-state index in [1.54, 1.807) is 0 Å². The average Bonchev–Trinajstić information content (AvgIpc) is 3.67. The molecule has 1 saturated carbocycles. The van der Waals surface area contributed by atoms with Crippen LogP contribution >= 0.6 is 0 Å². The van der Waals surface area contributed by atoms with Crippen molar-refractivity contribution >= 4 is 28.2 Å². The molecule has 2 fully saturated rings. The Labute approximate surface area is 217 Å². The highest BCUT2D eigenvalue weighted by molar-refractivity contribution is 5.93. The van der Waals surface area contributed by atoms with Crippen molar-refractivity contribution in [1.82, 2.24) is 24.6 Å². The standard InChI is InChI=1S/C29H32N8/c1-2-35-13-15-36(16-14-35)25-7-4-6-24(17-25)33-29-31-18-22-5-3-8-26(28(22)34-29)23-19-32-37(20-23)27(11-12-30)21-9-10-21/h3-8,17-21,27H,2,9-11,13-16H2,1H3,(H,31,33,34). The van der Waals surface area contributed by atoms with Crippen molar-refractivity contribution in [1.29, 1.82) is 5.26 Å². The van der Waals surface area contributed by atoms with Gasteiger partial charge in [-0.1, -0.05) is 31.2 Å². The molecule has 2 aromatic carbocycles. The summed E-state index contributed by atoms with van der Waals surface area (Å²) in [6.45, 7) is 7.60. The number of hydrogen-bond donors (Lipinski definition) is 1. The predicted molar refractivity (Wildman–Crippen MR) is 147 cm³/mol. The van der Waals surface area contributed by atoms with Crippen molar-refractivity contribution in [3.05, 3.63) is 61.1 Å². The zero-order chi connectivity index (χ0) is 25.2. The largest absolute Gasteiger partial charge is 0.369 e. The van der Waals surface area contributed by atoms with Gasteiger partial charge in [0.1, 0.15) is 0 Å². The second-order valence-electron chi connectivity index (χ2n) is 10.0. The Morgan fingerprint density at radius 3 is 2.70 bits per heavy atom. The Kier molecular flexibility index (Phi) is 6.46. The van der Waals surface area contributed by atoms with Crippen molar-refractivity contribution in [2.75, 3.05) is 42.9 Å². The molecular formula is C29H32N8. The number of benzene rings is 2. The molecular weight excluding hydrogens is 460 g/mol. The molecule has 0 radical (unpaired) electrons. The fourth-order valence-electron chi connectivity index (χ4n) is 5.29. The smallest absolute Gasteiger partial charge is 0.227 e. The molecule has 1 aliphatic carbocycles. The van der Waals surface area contributed by atoms with E-state index in [2.05, 4.69) is 74.7 Å². The van der Waals surface area contributed by atoms with E-state index in [-0.39, 0.29) is 6.04 Å². The number of aromatic nitrogens is 4. The van der Waals surface area contributed by atoms with Crippen LogP contribution in [0.3, 0.4) is 0 Å². The minimum Gasteiger partial charge on any atom is -0.369 e. The number of anilines is 3. The summed E-state index contributed by atoms with van der Waals surface area (Å²) in [5, 5.41) is 18.3. The van der Waals surface area contributed by atoms with E-state index in [4.69, 9.17) is 4.98 Å². The second kappa shape index (κ2) is 10.2. The van der Waals surface area contributed by atoms with Crippen molar-refractivity contribution in [3.8, 4) is 17.2 Å². The van der Waals surface area contributed by atoms with Crippen LogP contribution in [-0.4, -0.2) is 57.4 Å². The Morgan fingerprint density at radius 2 is 1.92 bits per heavy atom. The number of nitrogens with one attached hydrogen (secondary N) is 1. The number of hydrogen-bond acceptors (Lipinski definition) is 7. The Balaban J connectivity index is 1.25. The van der Waals surface area contributed by atoms with Crippen LogP contribution in [0.1, 0.15) is 32.2 Å². The second-order valence-corrected chi connectivity index (χ2v) is 10.0. The van der Waals surface area contributed by atoms with Crippen LogP contribution in [0.4, 0.5) is 17.3 Å². The molecule has 37 heavy (non-hydrogen) atoms. The summed E-state index contributed by atoms with van der Waals surface area (Å²) in [7, 11) is 0. The molecule has 1 unspecified atom stereocenters. The highest BCUT2D eigenvalue weighted by Crippen LogP contribution is 2.41. The van der Waals surface area contributed by atoms with E-state index in [1.807, 2.05) is 29.2 Å². The maximum Gasteiger partial charge on any atom is 0.227 e. The quantitative estimate of drug-likeness (QED) is 0.360. The Bertz CT molecular complexity index is 1430. The minimum absolute atomic E-state index is 0.151. The molecule has 2 aromatic heterocycles. The lowest BCUT2D eigenvalue weighted by Crippen LogP contribution is -2.46. The van der Waals surface area contributed by atoms with Gasteiger partial charge in [-0.15, -0.1) is 0 Å². The lowest BCUT2D eigenvalue weighted by Gasteiger charge is -2.35. The first-order chi connectivity index (χ1) is 18.2. The van der Waals surface area contributed by atoms with Gasteiger partial charge in [-0.05, 0) is 43.5 Å². The summed E-state index contributed by atoms with van der Waals surface area (Å²) in [4.78, 5) is 14.4. The van der Waals surface area contributed by atoms with Crippen LogP contribution in [-0.2, 0) is 0 Å². The summed E-state index contributed by atoms with van der Waals surface area (Å²) in [6, 6.07) is 17.1. The van der Waals surface area contributed by atoms with Crippen LogP contribution in [0.15, 0.2) is 61.1 Å². The van der Waals surface area contributed by atoms with E-state index in [9.17, 15) is 5.26 Å². The van der Waals surface area contributed by atoms with Gasteiger partial charge in [0, 0.05) is 66.5 Å². The molecule has 0 bridgehead atoms.